The van der Waals surface area contributed by atoms with Crippen molar-refractivity contribution in [3.8, 4) is 0 Å². The number of primary amides is 1. The number of hydrogen-bond donors (Lipinski definition) is 2. The van der Waals surface area contributed by atoms with E-state index in [1.54, 1.807) is 18.2 Å². The van der Waals surface area contributed by atoms with E-state index in [2.05, 4.69) is 31.0 Å². The second kappa shape index (κ2) is 7.09. The van der Waals surface area contributed by atoms with E-state index in [9.17, 15) is 13.2 Å². The molecule has 0 unspecified atom stereocenters. The second-order valence-electron chi connectivity index (χ2n) is 8.03. The number of carbonyl (C=O) groups is 1. The third-order valence-corrected chi connectivity index (χ3v) is 7.01. The summed E-state index contributed by atoms with van der Waals surface area (Å²) in [5.74, 6) is -0.434. The van der Waals surface area contributed by atoms with E-state index in [4.69, 9.17) is 5.73 Å². The minimum absolute atomic E-state index is 0.0194. The van der Waals surface area contributed by atoms with Crippen LogP contribution in [0.2, 0.25) is 0 Å². The number of rotatable bonds is 4. The Balaban J connectivity index is 1.70. The Morgan fingerprint density at radius 3 is 2.26 bits per heavy atom. The fraction of sp³-hybridized carbons (Fsp3) is 0.474. The number of hydrogen-bond acceptors (Lipinski definition) is 4. The second-order valence-corrected chi connectivity index (χ2v) is 9.96. The molecule has 146 valence electrons. The number of piperidine rings is 1. The molecule has 0 atom stereocenters. The normalized spacial score (nSPS) is 17.1. The van der Waals surface area contributed by atoms with E-state index in [-0.39, 0.29) is 17.0 Å². The maximum absolute atomic E-state index is 12.9. The average molecular weight is 391 g/mol. The zero-order valence-corrected chi connectivity index (χ0v) is 16.7. The summed E-state index contributed by atoms with van der Waals surface area (Å²) in [6, 6.07) is 8.81. The Hall–Kier alpha value is -2.19. The summed E-state index contributed by atoms with van der Waals surface area (Å²) in [5, 5.41) is 6.75. The lowest BCUT2D eigenvalue weighted by atomic mass is 9.87. The van der Waals surface area contributed by atoms with E-state index < -0.39 is 15.9 Å². The highest BCUT2D eigenvalue weighted by Gasteiger charge is 2.31. The molecule has 0 spiro atoms. The molecule has 3 N–H and O–H groups in total. The molecule has 7 nitrogen and oxygen atoms in total. The lowest BCUT2D eigenvalue weighted by Gasteiger charge is -2.30. The number of aromatic nitrogens is 2. The summed E-state index contributed by atoms with van der Waals surface area (Å²) in [6.07, 6.45) is 1.33. The van der Waals surface area contributed by atoms with Gasteiger partial charge >= 0.3 is 0 Å². The molecular formula is C19H26N4O3S. The number of H-pyrrole nitrogens is 1. The van der Waals surface area contributed by atoms with Gasteiger partial charge in [0, 0.05) is 24.7 Å². The van der Waals surface area contributed by atoms with E-state index in [1.165, 1.54) is 4.31 Å². The fourth-order valence-electron chi connectivity index (χ4n) is 3.36. The van der Waals surface area contributed by atoms with Crippen LogP contribution in [0.5, 0.6) is 0 Å². The number of sulfonamides is 1. The van der Waals surface area contributed by atoms with Gasteiger partial charge in [-0.15, -0.1) is 0 Å². The maximum atomic E-state index is 12.9. The highest BCUT2D eigenvalue weighted by Crippen LogP contribution is 2.31. The molecule has 0 aliphatic carbocycles. The van der Waals surface area contributed by atoms with Crippen molar-refractivity contribution in [3.05, 3.63) is 47.3 Å². The van der Waals surface area contributed by atoms with Crippen LogP contribution in [0, 0.1) is 0 Å². The molecule has 1 aliphatic heterocycles. The number of nitrogens with zero attached hydrogens (tertiary/aromatic N) is 2. The van der Waals surface area contributed by atoms with Gasteiger partial charge in [0.15, 0.2) is 0 Å². The maximum Gasteiger partial charge on any atom is 0.269 e. The predicted molar refractivity (Wildman–Crippen MR) is 103 cm³/mol. The van der Waals surface area contributed by atoms with Gasteiger partial charge in [-0.2, -0.15) is 9.40 Å². The monoisotopic (exact) mass is 390 g/mol. The highest BCUT2D eigenvalue weighted by molar-refractivity contribution is 7.89. The van der Waals surface area contributed by atoms with Crippen LogP contribution in [0.25, 0.3) is 0 Å². The van der Waals surface area contributed by atoms with Gasteiger partial charge in [0.1, 0.15) is 5.69 Å². The third-order valence-electron chi connectivity index (χ3n) is 5.10. The Labute approximate surface area is 160 Å². The number of carbonyl (C=O) groups excluding carboxylic acids is 1. The van der Waals surface area contributed by atoms with Crippen molar-refractivity contribution >= 4 is 15.9 Å². The number of nitrogens with two attached hydrogens (primary N) is 1. The lowest BCUT2D eigenvalue weighted by molar-refractivity contribution is 0.0995. The van der Waals surface area contributed by atoms with E-state index in [1.807, 2.05) is 12.1 Å². The first-order valence-electron chi connectivity index (χ1n) is 9.05. The Morgan fingerprint density at radius 2 is 1.78 bits per heavy atom. The van der Waals surface area contributed by atoms with E-state index in [0.717, 1.165) is 11.3 Å². The van der Waals surface area contributed by atoms with Gasteiger partial charge in [0.25, 0.3) is 5.91 Å². The molecular weight excluding hydrogens is 364 g/mol. The molecule has 0 radical (unpaired) electrons. The molecule has 3 rings (SSSR count). The highest BCUT2D eigenvalue weighted by atomic mass is 32.2. The first-order valence-corrected chi connectivity index (χ1v) is 10.5. The van der Waals surface area contributed by atoms with Gasteiger partial charge in [0.2, 0.25) is 10.0 Å². The Kier molecular flexibility index (Phi) is 5.14. The van der Waals surface area contributed by atoms with Crippen LogP contribution in [-0.2, 0) is 15.4 Å². The zero-order valence-electron chi connectivity index (χ0n) is 15.9. The van der Waals surface area contributed by atoms with E-state index >= 15 is 0 Å². The summed E-state index contributed by atoms with van der Waals surface area (Å²) in [7, 11) is -3.50. The predicted octanol–water partition coefficient (Wildman–Crippen LogP) is 2.37. The summed E-state index contributed by atoms with van der Waals surface area (Å²) >= 11 is 0. The largest absolute Gasteiger partial charge is 0.364 e. The molecule has 0 bridgehead atoms. The van der Waals surface area contributed by atoms with Crippen molar-refractivity contribution in [2.45, 2.75) is 49.8 Å². The molecule has 2 heterocycles. The third kappa shape index (κ3) is 4.06. The van der Waals surface area contributed by atoms with E-state index in [0.29, 0.717) is 30.8 Å². The van der Waals surface area contributed by atoms with Crippen molar-refractivity contribution in [2.24, 2.45) is 5.73 Å². The summed E-state index contributed by atoms with van der Waals surface area (Å²) < 4.78 is 27.4. The minimum Gasteiger partial charge on any atom is -0.364 e. The van der Waals surface area contributed by atoms with Crippen molar-refractivity contribution in [1.29, 1.82) is 0 Å². The molecule has 1 amide bonds. The first kappa shape index (κ1) is 19.6. The van der Waals surface area contributed by atoms with Crippen LogP contribution in [0.15, 0.2) is 35.2 Å². The molecule has 27 heavy (non-hydrogen) atoms. The molecule has 0 saturated carbocycles. The summed E-state index contributed by atoms with van der Waals surface area (Å²) in [6.45, 7) is 7.15. The van der Waals surface area contributed by atoms with Gasteiger partial charge < -0.3 is 5.73 Å². The topological polar surface area (TPSA) is 109 Å². The zero-order chi connectivity index (χ0) is 19.8. The minimum atomic E-state index is -3.50. The molecule has 1 aromatic carbocycles. The van der Waals surface area contributed by atoms with Crippen LogP contribution in [0.4, 0.5) is 0 Å². The molecule has 2 aromatic rings. The summed E-state index contributed by atoms with van der Waals surface area (Å²) in [4.78, 5) is 11.5. The van der Waals surface area contributed by atoms with Crippen molar-refractivity contribution < 1.29 is 13.2 Å². The van der Waals surface area contributed by atoms with Crippen molar-refractivity contribution in [2.75, 3.05) is 13.1 Å². The number of benzene rings is 1. The van der Waals surface area contributed by atoms with Gasteiger partial charge in [-0.25, -0.2) is 8.42 Å². The van der Waals surface area contributed by atoms with Crippen LogP contribution >= 0.6 is 0 Å². The smallest absolute Gasteiger partial charge is 0.269 e. The lowest BCUT2D eigenvalue weighted by Crippen LogP contribution is -2.38. The molecule has 8 heteroatoms. The Morgan fingerprint density at radius 1 is 1.19 bits per heavy atom. The number of aromatic amines is 1. The van der Waals surface area contributed by atoms with Gasteiger partial charge in [-0.05, 0) is 42.0 Å². The molecule has 1 aromatic heterocycles. The van der Waals surface area contributed by atoms with Gasteiger partial charge in [0.05, 0.1) is 4.90 Å². The van der Waals surface area contributed by atoms with Crippen LogP contribution in [-0.4, -0.2) is 41.9 Å². The SMILES string of the molecule is CC(C)(C)c1ccc(S(=O)(=O)N2CCC(c3cc(C(N)=O)n[nH]3)CC2)cc1. The van der Waals surface area contributed by atoms with Crippen LogP contribution < -0.4 is 5.73 Å². The van der Waals surface area contributed by atoms with Gasteiger partial charge in [-0.3, -0.25) is 9.89 Å². The van der Waals surface area contributed by atoms with Crippen molar-refractivity contribution in [1.82, 2.24) is 14.5 Å². The quantitative estimate of drug-likeness (QED) is 0.835. The van der Waals surface area contributed by atoms with Crippen LogP contribution in [0.3, 0.4) is 0 Å². The Bertz CT molecular complexity index is 919. The fourth-order valence-corrected chi connectivity index (χ4v) is 4.82. The first-order chi connectivity index (χ1) is 12.6. The molecule has 1 fully saturated rings. The van der Waals surface area contributed by atoms with Crippen molar-refractivity contribution in [3.63, 3.8) is 0 Å². The number of amides is 1. The summed E-state index contributed by atoms with van der Waals surface area (Å²) in [5.41, 5.74) is 7.35. The molecule has 1 aliphatic rings. The van der Waals surface area contributed by atoms with Crippen LogP contribution in [0.1, 0.15) is 61.3 Å². The number of nitrogens with one attached hydrogen (secondary N) is 1. The molecule has 1 saturated heterocycles. The standard InChI is InChI=1S/C19H26N4O3S/c1-19(2,3)14-4-6-15(7-5-14)27(25,26)23-10-8-13(9-11-23)16-12-17(18(20)24)22-21-16/h4-7,12-13H,8-11H2,1-3H3,(H2,20,24)(H,21,22). The van der Waals surface area contributed by atoms with Gasteiger partial charge in [-0.1, -0.05) is 32.9 Å². The average Bonchev–Trinajstić information content (AvgIpc) is 3.12.